The Bertz CT molecular complexity index is 1020. The van der Waals surface area contributed by atoms with E-state index in [4.69, 9.17) is 17.3 Å². The van der Waals surface area contributed by atoms with E-state index < -0.39 is 5.91 Å². The van der Waals surface area contributed by atoms with E-state index in [1.165, 1.54) is 6.20 Å². The van der Waals surface area contributed by atoms with Crippen LogP contribution in [0.5, 0.6) is 0 Å². The molecule has 1 heterocycles. The molecule has 1 amide bonds. The minimum atomic E-state index is -0.397. The van der Waals surface area contributed by atoms with Gasteiger partial charge < -0.3 is 21.3 Å². The third-order valence-corrected chi connectivity index (χ3v) is 5.01. The molecule has 4 N–H and O–H groups in total. The Kier molecular flexibility index (Phi) is 7.07. The molecule has 8 heteroatoms. The number of carbonyl (C=O) groups is 1. The van der Waals surface area contributed by atoms with Crippen LogP contribution in [0.15, 0.2) is 59.2 Å². The Hall–Kier alpha value is -3.34. The molecule has 0 unspecified atom stereocenters. The van der Waals surface area contributed by atoms with Crippen LogP contribution >= 0.6 is 11.6 Å². The number of nitriles is 1. The fraction of sp³-hybridized carbons (Fsp3) is 0.227. The fourth-order valence-corrected chi connectivity index (χ4v) is 3.34. The van der Waals surface area contributed by atoms with Gasteiger partial charge in [0.2, 0.25) is 0 Å². The molecular formula is C22H23ClN6O. The molecule has 0 spiro atoms. The van der Waals surface area contributed by atoms with Crippen LogP contribution in [-0.2, 0) is 4.79 Å². The molecule has 1 aliphatic heterocycles. The Morgan fingerprint density at radius 1 is 1.27 bits per heavy atom. The summed E-state index contributed by atoms with van der Waals surface area (Å²) in [6, 6.07) is 14.5. The van der Waals surface area contributed by atoms with Crippen LogP contribution < -0.4 is 21.3 Å². The van der Waals surface area contributed by atoms with Crippen molar-refractivity contribution in [2.24, 2.45) is 10.7 Å². The maximum atomic E-state index is 12.8. The third kappa shape index (κ3) is 5.17. The number of benzene rings is 2. The third-order valence-electron chi connectivity index (χ3n) is 4.76. The lowest BCUT2D eigenvalue weighted by Gasteiger charge is -2.30. The summed E-state index contributed by atoms with van der Waals surface area (Å²) < 4.78 is 0. The highest BCUT2D eigenvalue weighted by Gasteiger charge is 2.17. The van der Waals surface area contributed by atoms with Gasteiger partial charge in [0.15, 0.2) is 0 Å². The molecule has 154 valence electrons. The van der Waals surface area contributed by atoms with Crippen molar-refractivity contribution >= 4 is 40.3 Å². The first-order valence-electron chi connectivity index (χ1n) is 9.56. The number of nitrogens with one attached hydrogen (secondary N) is 2. The number of anilines is 2. The SMILES string of the molecule is CC(=Nc1ccc(Cl)cc1)C(=CN)C(=O)Nc1ccc(N2CCNCC2)c(C#N)c1. The summed E-state index contributed by atoms with van der Waals surface area (Å²) in [5, 5.41) is 16.3. The van der Waals surface area contributed by atoms with Crippen molar-refractivity contribution in [1.29, 1.82) is 5.26 Å². The highest BCUT2D eigenvalue weighted by Crippen LogP contribution is 2.25. The average Bonchev–Trinajstić information content (AvgIpc) is 2.76. The lowest BCUT2D eigenvalue weighted by molar-refractivity contribution is -0.112. The molecule has 0 atom stereocenters. The van der Waals surface area contributed by atoms with Gasteiger partial charge in [-0.2, -0.15) is 5.26 Å². The van der Waals surface area contributed by atoms with Gasteiger partial charge in [0, 0.05) is 43.1 Å². The molecule has 0 aliphatic carbocycles. The van der Waals surface area contributed by atoms with E-state index in [-0.39, 0.29) is 5.57 Å². The van der Waals surface area contributed by atoms with Crippen LogP contribution in [0.3, 0.4) is 0 Å². The average molecular weight is 423 g/mol. The summed E-state index contributed by atoms with van der Waals surface area (Å²) in [7, 11) is 0. The van der Waals surface area contributed by atoms with Crippen molar-refractivity contribution in [3.05, 3.63) is 64.8 Å². The molecule has 0 saturated carbocycles. The minimum Gasteiger partial charge on any atom is -0.404 e. The van der Waals surface area contributed by atoms with Crippen LogP contribution in [0, 0.1) is 11.3 Å². The first kappa shape index (κ1) is 21.4. The van der Waals surface area contributed by atoms with Gasteiger partial charge in [-0.25, -0.2) is 0 Å². The number of carbonyl (C=O) groups excluding carboxylic acids is 1. The number of nitrogens with zero attached hydrogens (tertiary/aromatic N) is 3. The van der Waals surface area contributed by atoms with Gasteiger partial charge in [0.05, 0.1) is 28.2 Å². The van der Waals surface area contributed by atoms with Gasteiger partial charge in [0.25, 0.3) is 5.91 Å². The van der Waals surface area contributed by atoms with Crippen LogP contribution in [-0.4, -0.2) is 37.8 Å². The predicted molar refractivity (Wildman–Crippen MR) is 121 cm³/mol. The number of hydrogen-bond acceptors (Lipinski definition) is 6. The van der Waals surface area contributed by atoms with Gasteiger partial charge in [-0.15, -0.1) is 0 Å². The summed E-state index contributed by atoms with van der Waals surface area (Å²) in [5.74, 6) is -0.397. The number of halogens is 1. The lowest BCUT2D eigenvalue weighted by atomic mass is 10.1. The molecule has 1 saturated heterocycles. The first-order valence-corrected chi connectivity index (χ1v) is 9.94. The maximum Gasteiger partial charge on any atom is 0.258 e. The number of rotatable bonds is 5. The van der Waals surface area contributed by atoms with Crippen molar-refractivity contribution in [2.45, 2.75) is 6.92 Å². The monoisotopic (exact) mass is 422 g/mol. The molecule has 30 heavy (non-hydrogen) atoms. The van der Waals surface area contributed by atoms with Crippen LogP contribution in [0.4, 0.5) is 17.1 Å². The van der Waals surface area contributed by atoms with Gasteiger partial charge in [-0.05, 0) is 49.4 Å². The van der Waals surface area contributed by atoms with Crippen LogP contribution in [0.2, 0.25) is 5.02 Å². The zero-order valence-electron chi connectivity index (χ0n) is 16.7. The predicted octanol–water partition coefficient (Wildman–Crippen LogP) is 3.19. The Labute approximate surface area is 180 Å². The molecular weight excluding hydrogens is 400 g/mol. The minimum absolute atomic E-state index is 0.245. The van der Waals surface area contributed by atoms with Crippen LogP contribution in [0.1, 0.15) is 12.5 Å². The maximum absolute atomic E-state index is 12.8. The zero-order valence-corrected chi connectivity index (χ0v) is 17.4. The number of piperazine rings is 1. The summed E-state index contributed by atoms with van der Waals surface area (Å²) in [5.41, 5.74) is 8.97. The van der Waals surface area contributed by atoms with E-state index in [9.17, 15) is 10.1 Å². The van der Waals surface area contributed by atoms with Crippen molar-refractivity contribution in [2.75, 3.05) is 36.4 Å². The normalized spacial score (nSPS) is 14.9. The summed E-state index contributed by atoms with van der Waals surface area (Å²) in [6.45, 7) is 5.13. The molecule has 2 aromatic rings. The van der Waals surface area contributed by atoms with Gasteiger partial charge in [-0.1, -0.05) is 11.6 Å². The van der Waals surface area contributed by atoms with E-state index >= 15 is 0 Å². The van der Waals surface area contributed by atoms with E-state index in [0.29, 0.717) is 27.7 Å². The standard InChI is InChI=1S/C22H23ClN6O/c1-15(27-18-4-2-17(23)3-5-18)20(14-25)22(30)28-19-6-7-21(16(12-19)13-24)29-10-8-26-9-11-29/h2-7,12,14,26H,8-11,25H2,1H3,(H,28,30). The quantitative estimate of drug-likeness (QED) is 0.506. The molecule has 7 nitrogen and oxygen atoms in total. The van der Waals surface area contributed by atoms with E-state index in [1.54, 1.807) is 43.3 Å². The highest BCUT2D eigenvalue weighted by atomic mass is 35.5. The topological polar surface area (TPSA) is 107 Å². The summed E-state index contributed by atoms with van der Waals surface area (Å²) in [4.78, 5) is 19.3. The smallest absolute Gasteiger partial charge is 0.258 e. The van der Waals surface area contributed by atoms with E-state index in [2.05, 4.69) is 26.6 Å². The molecule has 2 aromatic carbocycles. The van der Waals surface area contributed by atoms with Crippen molar-refractivity contribution in [3.8, 4) is 6.07 Å². The Morgan fingerprint density at radius 3 is 2.60 bits per heavy atom. The summed E-state index contributed by atoms with van der Waals surface area (Å²) in [6.07, 6.45) is 1.23. The first-order chi connectivity index (χ1) is 14.5. The van der Waals surface area contributed by atoms with Gasteiger partial charge >= 0.3 is 0 Å². The molecule has 3 rings (SSSR count). The second-order valence-corrected chi connectivity index (χ2v) is 7.23. The number of nitrogens with two attached hydrogens (primary N) is 1. The van der Waals surface area contributed by atoms with Gasteiger partial charge in [0.1, 0.15) is 6.07 Å². The second kappa shape index (κ2) is 9.92. The van der Waals surface area contributed by atoms with Crippen molar-refractivity contribution in [1.82, 2.24) is 5.32 Å². The second-order valence-electron chi connectivity index (χ2n) is 6.79. The number of hydrogen-bond donors (Lipinski definition) is 3. The molecule has 0 bridgehead atoms. The van der Waals surface area contributed by atoms with Gasteiger partial charge in [-0.3, -0.25) is 9.79 Å². The molecule has 1 aliphatic rings. The van der Waals surface area contributed by atoms with E-state index in [1.807, 2.05) is 6.07 Å². The van der Waals surface area contributed by atoms with Crippen molar-refractivity contribution in [3.63, 3.8) is 0 Å². The summed E-state index contributed by atoms with van der Waals surface area (Å²) >= 11 is 5.89. The number of amides is 1. The Balaban J connectivity index is 1.76. The molecule has 0 radical (unpaired) electrons. The van der Waals surface area contributed by atoms with Crippen LogP contribution in [0.25, 0.3) is 0 Å². The fourth-order valence-electron chi connectivity index (χ4n) is 3.21. The number of aliphatic imine (C=N–C) groups is 1. The lowest BCUT2D eigenvalue weighted by Crippen LogP contribution is -2.43. The zero-order chi connectivity index (χ0) is 21.5. The Morgan fingerprint density at radius 2 is 1.97 bits per heavy atom. The highest BCUT2D eigenvalue weighted by molar-refractivity contribution is 6.30. The van der Waals surface area contributed by atoms with Crippen molar-refractivity contribution < 1.29 is 4.79 Å². The largest absolute Gasteiger partial charge is 0.404 e. The molecule has 0 aromatic heterocycles. The molecule has 1 fully saturated rings. The van der Waals surface area contributed by atoms with E-state index in [0.717, 1.165) is 31.9 Å².